The number of rotatable bonds is 3. The number of para-hydroxylation sites is 1. The van der Waals surface area contributed by atoms with Gasteiger partial charge in [-0.1, -0.05) is 18.2 Å². The van der Waals surface area contributed by atoms with Gasteiger partial charge in [-0.25, -0.2) is 4.68 Å². The van der Waals surface area contributed by atoms with Gasteiger partial charge < -0.3 is 10.2 Å². The lowest BCUT2D eigenvalue weighted by atomic mass is 10.1. The Morgan fingerprint density at radius 3 is 2.33 bits per heavy atom. The molecule has 0 spiro atoms. The zero-order chi connectivity index (χ0) is 19.9. The van der Waals surface area contributed by atoms with E-state index in [4.69, 9.17) is 0 Å². The van der Waals surface area contributed by atoms with Crippen molar-refractivity contribution < 1.29 is 9.59 Å². The fourth-order valence-electron chi connectivity index (χ4n) is 3.47. The molecule has 7 heteroatoms. The minimum atomic E-state index is -0.457. The third-order valence-corrected chi connectivity index (χ3v) is 5.11. The average Bonchev–Trinajstić information content (AvgIpc) is 3.10. The lowest BCUT2D eigenvalue weighted by Gasteiger charge is -2.31. The van der Waals surface area contributed by atoms with E-state index in [2.05, 4.69) is 5.32 Å². The van der Waals surface area contributed by atoms with E-state index in [1.54, 1.807) is 23.6 Å². The first-order valence-electron chi connectivity index (χ1n) is 9.06. The molecule has 1 fully saturated rings. The predicted octanol–water partition coefficient (Wildman–Crippen LogP) is 2.07. The SMILES string of the molecule is Cc1c(NC(=O)C2CC(=O)N(C(C)(C)C)C2)c(=O)n(-c2ccccc2)n1C. The second-order valence-corrected chi connectivity index (χ2v) is 8.00. The molecule has 27 heavy (non-hydrogen) atoms. The van der Waals surface area contributed by atoms with Crippen LogP contribution in [0.5, 0.6) is 0 Å². The summed E-state index contributed by atoms with van der Waals surface area (Å²) in [5.74, 6) is -0.781. The topological polar surface area (TPSA) is 76.3 Å². The van der Waals surface area contributed by atoms with Crippen molar-refractivity contribution in [3.63, 3.8) is 0 Å². The van der Waals surface area contributed by atoms with Crippen molar-refractivity contribution in [1.29, 1.82) is 0 Å². The van der Waals surface area contributed by atoms with Crippen LogP contribution in [0.2, 0.25) is 0 Å². The van der Waals surface area contributed by atoms with Crippen LogP contribution in [0.3, 0.4) is 0 Å². The Hall–Kier alpha value is -2.83. The second kappa shape index (κ2) is 6.72. The molecule has 0 radical (unpaired) electrons. The van der Waals surface area contributed by atoms with Crippen LogP contribution in [0.15, 0.2) is 35.1 Å². The molecule has 0 aliphatic carbocycles. The van der Waals surface area contributed by atoms with Gasteiger partial charge in [0.15, 0.2) is 0 Å². The number of benzene rings is 1. The first kappa shape index (κ1) is 18.9. The van der Waals surface area contributed by atoms with Crippen molar-refractivity contribution in [2.45, 2.75) is 39.7 Å². The molecule has 2 aromatic rings. The first-order chi connectivity index (χ1) is 12.6. The van der Waals surface area contributed by atoms with E-state index in [1.165, 1.54) is 4.68 Å². The van der Waals surface area contributed by atoms with Gasteiger partial charge in [-0.15, -0.1) is 0 Å². The maximum absolute atomic E-state index is 12.9. The summed E-state index contributed by atoms with van der Waals surface area (Å²) in [6, 6.07) is 9.26. The van der Waals surface area contributed by atoms with E-state index in [-0.39, 0.29) is 35.0 Å². The Balaban J connectivity index is 1.86. The number of aromatic nitrogens is 2. The Morgan fingerprint density at radius 1 is 1.15 bits per heavy atom. The van der Waals surface area contributed by atoms with Crippen LogP contribution in [-0.4, -0.2) is 38.2 Å². The number of anilines is 1. The summed E-state index contributed by atoms with van der Waals surface area (Å²) in [6.07, 6.45) is 0.169. The molecule has 1 aromatic heterocycles. The molecule has 2 heterocycles. The van der Waals surface area contributed by atoms with Crippen LogP contribution < -0.4 is 10.9 Å². The van der Waals surface area contributed by atoms with E-state index in [0.29, 0.717) is 12.2 Å². The molecule has 2 amide bonds. The minimum Gasteiger partial charge on any atom is -0.337 e. The van der Waals surface area contributed by atoms with E-state index in [9.17, 15) is 14.4 Å². The predicted molar refractivity (Wildman–Crippen MR) is 104 cm³/mol. The molecule has 144 valence electrons. The largest absolute Gasteiger partial charge is 0.337 e. The van der Waals surface area contributed by atoms with Gasteiger partial charge in [-0.05, 0) is 39.8 Å². The highest BCUT2D eigenvalue weighted by Gasteiger charge is 2.39. The summed E-state index contributed by atoms with van der Waals surface area (Å²) in [6.45, 7) is 8.01. The molecule has 1 atom stereocenters. The van der Waals surface area contributed by atoms with Crippen LogP contribution in [0.1, 0.15) is 32.9 Å². The molecular formula is C20H26N4O3. The molecule has 1 saturated heterocycles. The van der Waals surface area contributed by atoms with Gasteiger partial charge in [0.25, 0.3) is 5.56 Å². The van der Waals surface area contributed by atoms with E-state index in [1.807, 2.05) is 51.1 Å². The molecule has 0 bridgehead atoms. The van der Waals surface area contributed by atoms with Crippen LogP contribution in [0.25, 0.3) is 5.69 Å². The van der Waals surface area contributed by atoms with Crippen molar-refractivity contribution in [2.75, 3.05) is 11.9 Å². The number of carbonyl (C=O) groups is 2. The highest BCUT2D eigenvalue weighted by atomic mass is 16.2. The number of likely N-dealkylation sites (tertiary alicyclic amines) is 1. The van der Waals surface area contributed by atoms with Crippen molar-refractivity contribution in [3.05, 3.63) is 46.4 Å². The third kappa shape index (κ3) is 3.41. The fraction of sp³-hybridized carbons (Fsp3) is 0.450. The summed E-state index contributed by atoms with van der Waals surface area (Å²) >= 11 is 0. The molecule has 1 unspecified atom stereocenters. The van der Waals surface area contributed by atoms with E-state index < -0.39 is 5.92 Å². The van der Waals surface area contributed by atoms with Crippen LogP contribution in [0, 0.1) is 12.8 Å². The van der Waals surface area contributed by atoms with E-state index >= 15 is 0 Å². The maximum Gasteiger partial charge on any atom is 0.295 e. The van der Waals surface area contributed by atoms with Gasteiger partial charge in [0.1, 0.15) is 5.69 Å². The van der Waals surface area contributed by atoms with Crippen molar-refractivity contribution in [1.82, 2.24) is 14.3 Å². The summed E-state index contributed by atoms with van der Waals surface area (Å²) in [5, 5.41) is 2.77. The average molecular weight is 370 g/mol. The van der Waals surface area contributed by atoms with Crippen molar-refractivity contribution in [3.8, 4) is 5.69 Å². The fourth-order valence-corrected chi connectivity index (χ4v) is 3.47. The Bertz CT molecular complexity index is 935. The van der Waals surface area contributed by atoms with Crippen LogP contribution >= 0.6 is 0 Å². The highest BCUT2D eigenvalue weighted by Crippen LogP contribution is 2.27. The smallest absolute Gasteiger partial charge is 0.295 e. The number of hydrogen-bond acceptors (Lipinski definition) is 3. The quantitative estimate of drug-likeness (QED) is 0.899. The van der Waals surface area contributed by atoms with Gasteiger partial charge in [0.2, 0.25) is 11.8 Å². The summed E-state index contributed by atoms with van der Waals surface area (Å²) in [7, 11) is 1.78. The monoisotopic (exact) mass is 370 g/mol. The van der Waals surface area contributed by atoms with Gasteiger partial charge in [-0.3, -0.25) is 19.1 Å². The van der Waals surface area contributed by atoms with Crippen molar-refractivity contribution in [2.24, 2.45) is 13.0 Å². The molecule has 1 N–H and O–H groups in total. The summed E-state index contributed by atoms with van der Waals surface area (Å²) in [5.41, 5.74) is 1.03. The number of nitrogens with zero attached hydrogens (tertiary/aromatic N) is 3. The van der Waals surface area contributed by atoms with Gasteiger partial charge in [0, 0.05) is 25.6 Å². The molecule has 7 nitrogen and oxygen atoms in total. The molecule has 1 aliphatic rings. The van der Waals surface area contributed by atoms with Gasteiger partial charge >= 0.3 is 0 Å². The van der Waals surface area contributed by atoms with Crippen molar-refractivity contribution >= 4 is 17.5 Å². The third-order valence-electron chi connectivity index (χ3n) is 5.11. The highest BCUT2D eigenvalue weighted by molar-refractivity contribution is 5.97. The number of amides is 2. The maximum atomic E-state index is 12.9. The lowest BCUT2D eigenvalue weighted by molar-refractivity contribution is -0.131. The van der Waals surface area contributed by atoms with Crippen LogP contribution in [-0.2, 0) is 16.6 Å². The normalized spacial score (nSPS) is 17.4. The molecule has 1 aliphatic heterocycles. The Kier molecular flexibility index (Phi) is 4.71. The van der Waals surface area contributed by atoms with Gasteiger partial charge in [0.05, 0.1) is 17.3 Å². The standard InChI is InChI=1S/C20H26N4O3/c1-13-17(19(27)24(22(13)5)15-9-7-6-8-10-15)21-18(26)14-11-16(25)23(12-14)20(2,3)4/h6-10,14H,11-12H2,1-5H3,(H,21,26). The van der Waals surface area contributed by atoms with E-state index in [0.717, 1.165) is 5.69 Å². The molecule has 1 aromatic carbocycles. The van der Waals surface area contributed by atoms with Gasteiger partial charge in [-0.2, -0.15) is 0 Å². The Morgan fingerprint density at radius 2 is 1.78 bits per heavy atom. The van der Waals surface area contributed by atoms with Crippen LogP contribution in [0.4, 0.5) is 5.69 Å². The zero-order valence-corrected chi connectivity index (χ0v) is 16.4. The molecular weight excluding hydrogens is 344 g/mol. The first-order valence-corrected chi connectivity index (χ1v) is 9.06. The summed E-state index contributed by atoms with van der Waals surface area (Å²) in [4.78, 5) is 39.6. The number of hydrogen-bond donors (Lipinski definition) is 1. The molecule has 3 rings (SSSR count). The summed E-state index contributed by atoms with van der Waals surface area (Å²) < 4.78 is 3.24. The zero-order valence-electron chi connectivity index (χ0n) is 16.4. The molecule has 0 saturated carbocycles. The lowest BCUT2D eigenvalue weighted by Crippen LogP contribution is -2.42. The minimum absolute atomic E-state index is 0.0332. The number of nitrogens with one attached hydrogen (secondary N) is 1. The number of carbonyl (C=O) groups excluding carboxylic acids is 2. The Labute approximate surface area is 158 Å². The second-order valence-electron chi connectivity index (χ2n) is 8.00.